The number of aromatic nitrogens is 2. The first kappa shape index (κ1) is 23.0. The number of carbonyl (C=O) groups is 2. The Morgan fingerprint density at radius 3 is 2.83 bits per heavy atom. The number of hydrogen-bond donors (Lipinski definition) is 1. The third-order valence-corrected chi connectivity index (χ3v) is 6.57. The summed E-state index contributed by atoms with van der Waals surface area (Å²) in [4.78, 5) is 32.4. The number of carbonyl (C=O) groups excluding carboxylic acids is 2. The van der Waals surface area contributed by atoms with E-state index in [-0.39, 0.29) is 17.9 Å². The average Bonchev–Trinajstić information content (AvgIpc) is 3.04. The number of nitrogens with zero attached hydrogens (tertiary/aromatic N) is 3. The summed E-state index contributed by atoms with van der Waals surface area (Å²) in [5, 5.41) is 3.03. The van der Waals surface area contributed by atoms with Gasteiger partial charge in [-0.15, -0.1) is 0 Å². The fourth-order valence-corrected chi connectivity index (χ4v) is 4.87. The Bertz CT molecular complexity index is 1280. The molecule has 0 spiro atoms. The molecule has 0 aliphatic carbocycles. The largest absolute Gasteiger partial charge is 0.489 e. The number of likely N-dealkylation sites (tertiary alicyclic amines) is 1. The zero-order valence-electron chi connectivity index (χ0n) is 20.0. The molecule has 1 fully saturated rings. The van der Waals surface area contributed by atoms with Crippen LogP contribution >= 0.6 is 0 Å². The van der Waals surface area contributed by atoms with Crippen molar-refractivity contribution < 1.29 is 19.1 Å². The summed E-state index contributed by atoms with van der Waals surface area (Å²) in [6.07, 6.45) is 4.84. The molecule has 2 aliphatic heterocycles. The molecule has 182 valence electrons. The highest BCUT2D eigenvalue weighted by molar-refractivity contribution is 6.04. The van der Waals surface area contributed by atoms with Crippen LogP contribution in [0.4, 0.5) is 5.95 Å². The van der Waals surface area contributed by atoms with Gasteiger partial charge < -0.3 is 18.9 Å². The Labute approximate surface area is 204 Å². The van der Waals surface area contributed by atoms with Crippen LogP contribution in [0.1, 0.15) is 47.6 Å². The van der Waals surface area contributed by atoms with E-state index in [1.165, 1.54) is 6.08 Å². The van der Waals surface area contributed by atoms with E-state index in [2.05, 4.69) is 11.9 Å². The van der Waals surface area contributed by atoms with E-state index in [4.69, 9.17) is 14.5 Å². The molecule has 2 amide bonds. The van der Waals surface area contributed by atoms with Gasteiger partial charge in [0.1, 0.15) is 5.52 Å². The van der Waals surface area contributed by atoms with Gasteiger partial charge in [-0.05, 0) is 56.5 Å². The zero-order chi connectivity index (χ0) is 24.4. The van der Waals surface area contributed by atoms with E-state index in [1.807, 2.05) is 46.7 Å². The molecule has 8 heteroatoms. The predicted molar refractivity (Wildman–Crippen MR) is 134 cm³/mol. The number of rotatable bonds is 4. The molecule has 2 aliphatic rings. The smallest absolute Gasteiger partial charge is 0.257 e. The second-order valence-electron chi connectivity index (χ2n) is 9.08. The Hall–Kier alpha value is -3.81. The molecule has 0 unspecified atom stereocenters. The van der Waals surface area contributed by atoms with Crippen LogP contribution in [0.5, 0.6) is 11.5 Å². The van der Waals surface area contributed by atoms with Crippen molar-refractivity contribution in [3.63, 3.8) is 0 Å². The standard InChI is InChI=1S/C27H30N4O4/c1-3-23(32)30-13-5-4-10-20(17-30)31-24-21(11-12-22-25(24)35-15-7-14-34-22)28-27(31)29-26(33)19-9-6-8-18(2)16-19/h3,6,8-9,11-12,16,20H,1,4-5,7,10,13-15,17H2,2H3,(H,28,29,33)/t20-/m1/s1. The fraction of sp³-hybridized carbons (Fsp3) is 0.370. The molecule has 1 N–H and O–H groups in total. The van der Waals surface area contributed by atoms with Crippen LogP contribution in [0.3, 0.4) is 0 Å². The number of benzene rings is 2. The topological polar surface area (TPSA) is 85.7 Å². The van der Waals surface area contributed by atoms with Crippen molar-refractivity contribution in [1.29, 1.82) is 0 Å². The molecule has 35 heavy (non-hydrogen) atoms. The molecular weight excluding hydrogens is 444 g/mol. The fourth-order valence-electron chi connectivity index (χ4n) is 4.87. The van der Waals surface area contributed by atoms with Crippen molar-refractivity contribution in [1.82, 2.24) is 14.5 Å². The maximum atomic E-state index is 13.2. The van der Waals surface area contributed by atoms with Gasteiger partial charge in [0, 0.05) is 25.1 Å². The molecule has 1 aromatic heterocycles. The number of anilines is 1. The van der Waals surface area contributed by atoms with Gasteiger partial charge in [-0.2, -0.15) is 0 Å². The van der Waals surface area contributed by atoms with Gasteiger partial charge in [-0.3, -0.25) is 14.9 Å². The second-order valence-corrected chi connectivity index (χ2v) is 9.08. The number of imidazole rings is 1. The van der Waals surface area contributed by atoms with Crippen molar-refractivity contribution in [3.8, 4) is 11.5 Å². The highest BCUT2D eigenvalue weighted by atomic mass is 16.5. The van der Waals surface area contributed by atoms with Crippen LogP contribution in [-0.4, -0.2) is 52.6 Å². The Kier molecular flexibility index (Phi) is 6.44. The second kappa shape index (κ2) is 9.82. The van der Waals surface area contributed by atoms with Crippen molar-refractivity contribution >= 4 is 28.8 Å². The maximum Gasteiger partial charge on any atom is 0.257 e. The number of aryl methyl sites for hydroxylation is 1. The molecule has 3 heterocycles. The van der Waals surface area contributed by atoms with E-state index in [0.717, 1.165) is 36.8 Å². The van der Waals surface area contributed by atoms with Crippen molar-refractivity contribution in [2.45, 2.75) is 38.6 Å². The van der Waals surface area contributed by atoms with Gasteiger partial charge in [-0.1, -0.05) is 24.3 Å². The van der Waals surface area contributed by atoms with E-state index in [1.54, 1.807) is 6.07 Å². The third kappa shape index (κ3) is 4.60. The molecule has 0 bridgehead atoms. The minimum atomic E-state index is -0.235. The molecule has 3 aromatic rings. The Morgan fingerprint density at radius 1 is 1.14 bits per heavy atom. The van der Waals surface area contributed by atoms with Gasteiger partial charge in [-0.25, -0.2) is 4.98 Å². The predicted octanol–water partition coefficient (Wildman–Crippen LogP) is 4.50. The maximum absolute atomic E-state index is 13.2. The van der Waals surface area contributed by atoms with Crippen LogP contribution in [0.15, 0.2) is 49.1 Å². The third-order valence-electron chi connectivity index (χ3n) is 6.57. The Balaban J connectivity index is 1.63. The highest BCUT2D eigenvalue weighted by Gasteiger charge is 2.29. The molecule has 1 saturated heterocycles. The summed E-state index contributed by atoms with van der Waals surface area (Å²) < 4.78 is 14.1. The van der Waals surface area contributed by atoms with Crippen LogP contribution in [-0.2, 0) is 4.79 Å². The highest BCUT2D eigenvalue weighted by Crippen LogP contribution is 2.41. The first-order valence-corrected chi connectivity index (χ1v) is 12.1. The number of ether oxygens (including phenoxy) is 2. The van der Waals surface area contributed by atoms with E-state index in [0.29, 0.717) is 54.8 Å². The molecule has 1 atom stereocenters. The lowest BCUT2D eigenvalue weighted by atomic mass is 10.1. The molecule has 0 saturated carbocycles. The van der Waals surface area contributed by atoms with Crippen LogP contribution < -0.4 is 14.8 Å². The van der Waals surface area contributed by atoms with Gasteiger partial charge in [0.15, 0.2) is 11.5 Å². The lowest BCUT2D eigenvalue weighted by Crippen LogP contribution is -2.34. The minimum Gasteiger partial charge on any atom is -0.489 e. The van der Waals surface area contributed by atoms with E-state index < -0.39 is 0 Å². The summed E-state index contributed by atoms with van der Waals surface area (Å²) >= 11 is 0. The first-order chi connectivity index (χ1) is 17.0. The SMILES string of the molecule is C=CC(=O)N1CCCC[C@@H](n2c(NC(=O)c3cccc(C)c3)nc3ccc4c(c32)OCCCO4)C1. The summed E-state index contributed by atoms with van der Waals surface area (Å²) in [6.45, 7) is 7.90. The van der Waals surface area contributed by atoms with Gasteiger partial charge >= 0.3 is 0 Å². The summed E-state index contributed by atoms with van der Waals surface area (Å²) in [7, 11) is 0. The average molecular weight is 475 g/mol. The van der Waals surface area contributed by atoms with E-state index in [9.17, 15) is 9.59 Å². The summed E-state index contributed by atoms with van der Waals surface area (Å²) in [5.41, 5.74) is 3.05. The molecular formula is C27H30N4O4. The van der Waals surface area contributed by atoms with Crippen molar-refractivity contribution in [2.75, 3.05) is 31.6 Å². The molecule has 0 radical (unpaired) electrons. The molecule has 5 rings (SSSR count). The normalized spacial score (nSPS) is 18.0. The zero-order valence-corrected chi connectivity index (χ0v) is 20.0. The van der Waals surface area contributed by atoms with E-state index >= 15 is 0 Å². The minimum absolute atomic E-state index is 0.0925. The lowest BCUT2D eigenvalue weighted by molar-refractivity contribution is -0.126. The first-order valence-electron chi connectivity index (χ1n) is 12.1. The molecule has 2 aromatic carbocycles. The van der Waals surface area contributed by atoms with Crippen LogP contribution in [0.2, 0.25) is 0 Å². The van der Waals surface area contributed by atoms with Gasteiger partial charge in [0.25, 0.3) is 5.91 Å². The van der Waals surface area contributed by atoms with Crippen molar-refractivity contribution in [3.05, 3.63) is 60.2 Å². The van der Waals surface area contributed by atoms with Gasteiger partial charge in [0.05, 0.1) is 24.8 Å². The number of nitrogens with one attached hydrogen (secondary N) is 1. The number of fused-ring (bicyclic) bond motifs is 3. The number of amides is 2. The monoisotopic (exact) mass is 474 g/mol. The molecule has 8 nitrogen and oxygen atoms in total. The Morgan fingerprint density at radius 2 is 2.00 bits per heavy atom. The summed E-state index contributed by atoms with van der Waals surface area (Å²) in [5.74, 6) is 1.41. The van der Waals surface area contributed by atoms with Crippen LogP contribution in [0.25, 0.3) is 11.0 Å². The quantitative estimate of drug-likeness (QED) is 0.563. The summed E-state index contributed by atoms with van der Waals surface area (Å²) in [6, 6.07) is 11.1. The lowest BCUT2D eigenvalue weighted by Gasteiger charge is -2.26. The number of hydrogen-bond acceptors (Lipinski definition) is 5. The van der Waals surface area contributed by atoms with Crippen molar-refractivity contribution in [2.24, 2.45) is 0 Å². The van der Waals surface area contributed by atoms with Gasteiger partial charge in [0.2, 0.25) is 11.9 Å². The van der Waals surface area contributed by atoms with Crippen LogP contribution in [0, 0.1) is 6.92 Å².